The summed E-state index contributed by atoms with van der Waals surface area (Å²) in [6.45, 7) is 8.01. The van der Waals surface area contributed by atoms with Gasteiger partial charge in [0.15, 0.2) is 0 Å². The number of hydrogen-bond acceptors (Lipinski definition) is 3. The van der Waals surface area contributed by atoms with E-state index in [1.54, 1.807) is 6.33 Å². The molecule has 2 rings (SSSR count). The van der Waals surface area contributed by atoms with E-state index in [0.717, 1.165) is 30.6 Å². The van der Waals surface area contributed by atoms with Crippen LogP contribution < -0.4 is 5.32 Å². The lowest BCUT2D eigenvalue weighted by Gasteiger charge is -2.36. The van der Waals surface area contributed by atoms with Gasteiger partial charge in [0.05, 0.1) is 6.04 Å². The maximum absolute atomic E-state index is 4.36. The molecule has 1 aliphatic carbocycles. The molecule has 0 bridgehead atoms. The normalized spacial score (nSPS) is 30.3. The second-order valence-corrected chi connectivity index (χ2v) is 5.83. The van der Waals surface area contributed by atoms with Crippen molar-refractivity contribution in [3.8, 4) is 0 Å². The minimum Gasteiger partial charge on any atom is -0.307 e. The quantitative estimate of drug-likeness (QED) is 0.845. The fraction of sp³-hybridized carbons (Fsp3) is 0.857. The Morgan fingerprint density at radius 3 is 2.83 bits per heavy atom. The van der Waals surface area contributed by atoms with Gasteiger partial charge in [0.2, 0.25) is 0 Å². The molecule has 0 amide bonds. The lowest BCUT2D eigenvalue weighted by molar-refractivity contribution is 0.167. The summed E-state index contributed by atoms with van der Waals surface area (Å²) in [7, 11) is 0. The highest BCUT2D eigenvalue weighted by Crippen LogP contribution is 2.38. The van der Waals surface area contributed by atoms with E-state index in [0.29, 0.717) is 12.0 Å². The molecule has 102 valence electrons. The molecule has 0 saturated heterocycles. The van der Waals surface area contributed by atoms with Gasteiger partial charge in [-0.2, -0.15) is 5.10 Å². The van der Waals surface area contributed by atoms with Gasteiger partial charge in [-0.3, -0.25) is 5.10 Å². The van der Waals surface area contributed by atoms with Gasteiger partial charge in [-0.25, -0.2) is 4.98 Å². The Balaban J connectivity index is 2.04. The molecule has 18 heavy (non-hydrogen) atoms. The number of H-pyrrole nitrogens is 1. The van der Waals surface area contributed by atoms with Gasteiger partial charge in [0, 0.05) is 0 Å². The number of rotatable bonds is 5. The van der Waals surface area contributed by atoms with E-state index in [-0.39, 0.29) is 0 Å². The molecule has 4 unspecified atom stereocenters. The van der Waals surface area contributed by atoms with E-state index in [1.807, 2.05) is 0 Å². The van der Waals surface area contributed by atoms with E-state index in [4.69, 9.17) is 0 Å². The predicted octanol–water partition coefficient (Wildman–Crippen LogP) is 2.92. The van der Waals surface area contributed by atoms with Crippen molar-refractivity contribution >= 4 is 0 Å². The summed E-state index contributed by atoms with van der Waals surface area (Å²) in [6.07, 6.45) is 6.70. The third-order valence-corrected chi connectivity index (χ3v) is 4.45. The zero-order valence-corrected chi connectivity index (χ0v) is 11.8. The first kappa shape index (κ1) is 13.5. The van der Waals surface area contributed by atoms with Crippen molar-refractivity contribution in [3.63, 3.8) is 0 Å². The van der Waals surface area contributed by atoms with Crippen molar-refractivity contribution in [2.45, 2.75) is 52.5 Å². The molecule has 4 heteroatoms. The first-order valence-electron chi connectivity index (χ1n) is 7.31. The Labute approximate surface area is 110 Å². The number of nitrogens with zero attached hydrogens (tertiary/aromatic N) is 2. The summed E-state index contributed by atoms with van der Waals surface area (Å²) in [5, 5.41) is 10.7. The van der Waals surface area contributed by atoms with Crippen LogP contribution in [0.2, 0.25) is 0 Å². The van der Waals surface area contributed by atoms with Crippen molar-refractivity contribution in [2.24, 2.45) is 17.8 Å². The molecular formula is C14H26N4. The number of hydrogen-bond donors (Lipinski definition) is 2. The summed E-state index contributed by atoms with van der Waals surface area (Å²) in [5.74, 6) is 3.38. The van der Waals surface area contributed by atoms with Crippen LogP contribution in [0, 0.1) is 17.8 Å². The maximum Gasteiger partial charge on any atom is 0.141 e. The van der Waals surface area contributed by atoms with Crippen LogP contribution in [-0.2, 0) is 0 Å². The van der Waals surface area contributed by atoms with Crippen molar-refractivity contribution < 1.29 is 0 Å². The van der Waals surface area contributed by atoms with Crippen LogP contribution in [0.3, 0.4) is 0 Å². The molecular weight excluding hydrogens is 224 g/mol. The van der Waals surface area contributed by atoms with Gasteiger partial charge >= 0.3 is 0 Å². The average Bonchev–Trinajstić information content (AvgIpc) is 2.88. The van der Waals surface area contributed by atoms with E-state index in [9.17, 15) is 0 Å². The summed E-state index contributed by atoms with van der Waals surface area (Å²) in [6, 6.07) is 0.349. The van der Waals surface area contributed by atoms with Crippen LogP contribution >= 0.6 is 0 Å². The molecule has 0 radical (unpaired) electrons. The van der Waals surface area contributed by atoms with Gasteiger partial charge in [-0.1, -0.05) is 27.2 Å². The first-order chi connectivity index (χ1) is 8.72. The van der Waals surface area contributed by atoms with Gasteiger partial charge in [0.25, 0.3) is 0 Å². The lowest BCUT2D eigenvalue weighted by atomic mass is 9.73. The fourth-order valence-corrected chi connectivity index (χ4v) is 3.04. The highest BCUT2D eigenvalue weighted by molar-refractivity contribution is 4.97. The standard InChI is InChI=1S/C14H26N4/c1-4-7-15-13(14-16-9-17-18-14)12-6-5-10(2)11(3)8-12/h9-13,15H,4-8H2,1-3H3,(H,16,17,18). The highest BCUT2D eigenvalue weighted by Gasteiger charge is 2.31. The Bertz CT molecular complexity index is 336. The number of aromatic nitrogens is 3. The predicted molar refractivity (Wildman–Crippen MR) is 73.1 cm³/mol. The molecule has 1 heterocycles. The molecule has 1 aliphatic rings. The molecule has 1 saturated carbocycles. The maximum atomic E-state index is 4.36. The number of aromatic amines is 1. The zero-order valence-electron chi connectivity index (χ0n) is 11.8. The molecule has 1 fully saturated rings. The molecule has 2 N–H and O–H groups in total. The van der Waals surface area contributed by atoms with Crippen LogP contribution in [0.15, 0.2) is 6.33 Å². The van der Waals surface area contributed by atoms with Crippen molar-refractivity contribution in [1.29, 1.82) is 0 Å². The Morgan fingerprint density at radius 1 is 1.39 bits per heavy atom. The molecule has 0 aliphatic heterocycles. The van der Waals surface area contributed by atoms with Gasteiger partial charge in [-0.05, 0) is 43.6 Å². The van der Waals surface area contributed by atoms with Crippen LogP contribution in [0.1, 0.15) is 58.3 Å². The van der Waals surface area contributed by atoms with Crippen LogP contribution in [0.5, 0.6) is 0 Å². The van der Waals surface area contributed by atoms with Gasteiger partial charge < -0.3 is 5.32 Å². The Morgan fingerprint density at radius 2 is 2.22 bits per heavy atom. The van der Waals surface area contributed by atoms with Crippen molar-refractivity contribution in [1.82, 2.24) is 20.5 Å². The molecule has 1 aromatic rings. The number of nitrogens with one attached hydrogen (secondary N) is 2. The van der Waals surface area contributed by atoms with E-state index in [2.05, 4.69) is 41.3 Å². The summed E-state index contributed by atoms with van der Waals surface area (Å²) >= 11 is 0. The fourth-order valence-electron chi connectivity index (χ4n) is 3.04. The Kier molecular flexibility index (Phi) is 4.75. The van der Waals surface area contributed by atoms with Crippen LogP contribution in [-0.4, -0.2) is 21.7 Å². The molecule has 1 aromatic heterocycles. The smallest absolute Gasteiger partial charge is 0.141 e. The van der Waals surface area contributed by atoms with Crippen molar-refractivity contribution in [3.05, 3.63) is 12.2 Å². The zero-order chi connectivity index (χ0) is 13.0. The monoisotopic (exact) mass is 250 g/mol. The molecule has 4 nitrogen and oxygen atoms in total. The first-order valence-corrected chi connectivity index (χ1v) is 7.31. The van der Waals surface area contributed by atoms with Gasteiger partial charge in [0.1, 0.15) is 12.2 Å². The third-order valence-electron chi connectivity index (χ3n) is 4.45. The molecule has 0 spiro atoms. The van der Waals surface area contributed by atoms with Gasteiger partial charge in [-0.15, -0.1) is 0 Å². The largest absolute Gasteiger partial charge is 0.307 e. The second-order valence-electron chi connectivity index (χ2n) is 5.83. The Hall–Kier alpha value is -0.900. The van der Waals surface area contributed by atoms with E-state index in [1.165, 1.54) is 19.3 Å². The minimum absolute atomic E-state index is 0.349. The summed E-state index contributed by atoms with van der Waals surface area (Å²) in [5.41, 5.74) is 0. The van der Waals surface area contributed by atoms with Crippen LogP contribution in [0.4, 0.5) is 0 Å². The average molecular weight is 250 g/mol. The van der Waals surface area contributed by atoms with E-state index >= 15 is 0 Å². The third kappa shape index (κ3) is 3.10. The second kappa shape index (κ2) is 6.32. The highest BCUT2D eigenvalue weighted by atomic mass is 15.2. The molecule has 0 aromatic carbocycles. The lowest BCUT2D eigenvalue weighted by Crippen LogP contribution is -2.34. The minimum atomic E-state index is 0.349. The summed E-state index contributed by atoms with van der Waals surface area (Å²) in [4.78, 5) is 4.36. The molecule has 4 atom stereocenters. The van der Waals surface area contributed by atoms with Crippen molar-refractivity contribution in [2.75, 3.05) is 6.54 Å². The van der Waals surface area contributed by atoms with Crippen LogP contribution in [0.25, 0.3) is 0 Å². The summed E-state index contributed by atoms with van der Waals surface area (Å²) < 4.78 is 0. The SMILES string of the molecule is CCCNC(c1ncn[nH]1)C1CCC(C)C(C)C1. The topological polar surface area (TPSA) is 53.6 Å². The van der Waals surface area contributed by atoms with E-state index < -0.39 is 0 Å².